The van der Waals surface area contributed by atoms with Crippen molar-refractivity contribution in [3.05, 3.63) is 57.3 Å². The Morgan fingerprint density at radius 1 is 1.19 bits per heavy atom. The molecule has 1 atom stereocenters. The van der Waals surface area contributed by atoms with Crippen molar-refractivity contribution in [3.8, 4) is 0 Å². The predicted octanol–water partition coefficient (Wildman–Crippen LogP) is 3.38. The second-order valence-corrected chi connectivity index (χ2v) is 4.60. The van der Waals surface area contributed by atoms with E-state index >= 15 is 0 Å². The lowest BCUT2D eigenvalue weighted by atomic mass is 10.0. The first-order chi connectivity index (χ1) is 7.58. The molecule has 0 aliphatic heterocycles. The van der Waals surface area contributed by atoms with Gasteiger partial charge >= 0.3 is 0 Å². The van der Waals surface area contributed by atoms with E-state index in [1.807, 2.05) is 18.4 Å². The molecule has 1 unspecified atom stereocenters. The van der Waals surface area contributed by atoms with Gasteiger partial charge < -0.3 is 5.73 Å². The maximum atomic E-state index is 13.0. The highest BCUT2D eigenvalue weighted by atomic mass is 32.1. The lowest BCUT2D eigenvalue weighted by Crippen LogP contribution is -2.12. The third kappa shape index (κ3) is 2.13. The van der Waals surface area contributed by atoms with E-state index < -0.39 is 17.7 Å². The Hall–Kier alpha value is -1.26. The highest BCUT2D eigenvalue weighted by Crippen LogP contribution is 2.28. The highest BCUT2D eigenvalue weighted by Gasteiger charge is 2.14. The van der Waals surface area contributed by atoms with Crippen LogP contribution in [0.4, 0.5) is 8.78 Å². The first-order valence-corrected chi connectivity index (χ1v) is 5.71. The zero-order chi connectivity index (χ0) is 11.7. The molecule has 0 aliphatic rings. The molecule has 2 aromatic rings. The van der Waals surface area contributed by atoms with Crippen LogP contribution in [0.3, 0.4) is 0 Å². The zero-order valence-corrected chi connectivity index (χ0v) is 9.52. The molecule has 0 spiro atoms. The minimum Gasteiger partial charge on any atom is -0.320 e. The maximum absolute atomic E-state index is 13.0. The Kier molecular flexibility index (Phi) is 3.03. The van der Waals surface area contributed by atoms with Gasteiger partial charge in [-0.05, 0) is 41.6 Å². The minimum atomic E-state index is -0.598. The number of aryl methyl sites for hydroxylation is 1. The van der Waals surface area contributed by atoms with Gasteiger partial charge in [-0.2, -0.15) is 0 Å². The molecule has 84 valence electrons. The summed E-state index contributed by atoms with van der Waals surface area (Å²) in [5, 5.41) is 1.92. The molecule has 0 amide bonds. The molecule has 1 heterocycles. The SMILES string of the molecule is Cc1ccsc1C(N)c1cc(F)cc(F)c1. The summed E-state index contributed by atoms with van der Waals surface area (Å²) in [7, 11) is 0. The van der Waals surface area contributed by atoms with Crippen molar-refractivity contribution >= 4 is 11.3 Å². The predicted molar refractivity (Wildman–Crippen MR) is 61.4 cm³/mol. The van der Waals surface area contributed by atoms with Gasteiger partial charge in [-0.25, -0.2) is 8.78 Å². The molecular weight excluding hydrogens is 228 g/mol. The number of halogens is 2. The Labute approximate surface area is 96.5 Å². The van der Waals surface area contributed by atoms with E-state index in [1.54, 1.807) is 0 Å². The van der Waals surface area contributed by atoms with Crippen LogP contribution in [0.25, 0.3) is 0 Å². The standard InChI is InChI=1S/C12H11F2NS/c1-7-2-3-16-12(7)11(15)8-4-9(13)6-10(14)5-8/h2-6,11H,15H2,1H3. The van der Waals surface area contributed by atoms with Crippen molar-refractivity contribution in [1.29, 1.82) is 0 Å². The van der Waals surface area contributed by atoms with E-state index in [2.05, 4.69) is 0 Å². The van der Waals surface area contributed by atoms with E-state index in [4.69, 9.17) is 5.73 Å². The molecule has 0 aliphatic carbocycles. The molecule has 2 N–H and O–H groups in total. The molecule has 0 saturated heterocycles. The Bertz CT molecular complexity index is 487. The van der Waals surface area contributed by atoms with E-state index in [0.717, 1.165) is 16.5 Å². The van der Waals surface area contributed by atoms with Gasteiger partial charge in [0.1, 0.15) is 11.6 Å². The molecule has 1 nitrogen and oxygen atoms in total. The second kappa shape index (κ2) is 4.31. The summed E-state index contributed by atoms with van der Waals surface area (Å²) in [4.78, 5) is 0.935. The highest BCUT2D eigenvalue weighted by molar-refractivity contribution is 7.10. The maximum Gasteiger partial charge on any atom is 0.126 e. The van der Waals surface area contributed by atoms with E-state index in [1.165, 1.54) is 23.5 Å². The third-order valence-corrected chi connectivity index (χ3v) is 3.53. The molecule has 0 bridgehead atoms. The van der Waals surface area contributed by atoms with Crippen LogP contribution in [0, 0.1) is 18.6 Å². The lowest BCUT2D eigenvalue weighted by Gasteiger charge is -2.11. The van der Waals surface area contributed by atoms with Crippen LogP contribution in [-0.4, -0.2) is 0 Å². The van der Waals surface area contributed by atoms with Crippen LogP contribution >= 0.6 is 11.3 Å². The van der Waals surface area contributed by atoms with Gasteiger partial charge in [0.15, 0.2) is 0 Å². The zero-order valence-electron chi connectivity index (χ0n) is 8.71. The molecule has 0 saturated carbocycles. The Morgan fingerprint density at radius 2 is 1.81 bits per heavy atom. The van der Waals surface area contributed by atoms with E-state index in [-0.39, 0.29) is 0 Å². The molecule has 0 fully saturated rings. The number of rotatable bonds is 2. The monoisotopic (exact) mass is 239 g/mol. The van der Waals surface area contributed by atoms with Crippen LogP contribution in [0.1, 0.15) is 22.0 Å². The van der Waals surface area contributed by atoms with Crippen LogP contribution in [0.5, 0.6) is 0 Å². The van der Waals surface area contributed by atoms with Gasteiger partial charge in [0, 0.05) is 10.9 Å². The van der Waals surface area contributed by atoms with E-state index in [0.29, 0.717) is 5.56 Å². The topological polar surface area (TPSA) is 26.0 Å². The third-order valence-electron chi connectivity index (χ3n) is 2.43. The fourth-order valence-corrected chi connectivity index (χ4v) is 2.56. The van der Waals surface area contributed by atoms with Crippen LogP contribution in [0.15, 0.2) is 29.6 Å². The Morgan fingerprint density at radius 3 is 2.31 bits per heavy atom. The summed E-state index contributed by atoms with van der Waals surface area (Å²) in [6, 6.07) is 4.86. The number of hydrogen-bond donors (Lipinski definition) is 1. The average molecular weight is 239 g/mol. The minimum absolute atomic E-state index is 0.461. The van der Waals surface area contributed by atoms with Crippen LogP contribution in [0.2, 0.25) is 0 Å². The van der Waals surface area contributed by atoms with Gasteiger partial charge in [0.2, 0.25) is 0 Å². The van der Waals surface area contributed by atoms with Gasteiger partial charge in [0.25, 0.3) is 0 Å². The first kappa shape index (κ1) is 11.2. The van der Waals surface area contributed by atoms with Gasteiger partial charge in [-0.15, -0.1) is 11.3 Å². The van der Waals surface area contributed by atoms with Crippen LogP contribution in [-0.2, 0) is 0 Å². The molecule has 2 rings (SSSR count). The first-order valence-electron chi connectivity index (χ1n) is 4.83. The van der Waals surface area contributed by atoms with Crippen molar-refractivity contribution < 1.29 is 8.78 Å². The molecule has 4 heteroatoms. The number of benzene rings is 1. The van der Waals surface area contributed by atoms with E-state index in [9.17, 15) is 8.78 Å². The fraction of sp³-hybridized carbons (Fsp3) is 0.167. The molecule has 0 radical (unpaired) electrons. The van der Waals surface area contributed by atoms with Crippen LogP contribution < -0.4 is 5.73 Å². The van der Waals surface area contributed by atoms with Gasteiger partial charge in [-0.3, -0.25) is 0 Å². The van der Waals surface area contributed by atoms with Crippen molar-refractivity contribution in [2.24, 2.45) is 5.73 Å². The molecule has 1 aromatic carbocycles. The van der Waals surface area contributed by atoms with Gasteiger partial charge in [-0.1, -0.05) is 0 Å². The summed E-state index contributed by atoms with van der Waals surface area (Å²) >= 11 is 1.49. The molecule has 1 aromatic heterocycles. The molecular formula is C12H11F2NS. The summed E-state index contributed by atoms with van der Waals surface area (Å²) in [5.74, 6) is -1.20. The number of nitrogens with two attached hydrogens (primary N) is 1. The Balaban J connectivity index is 2.41. The number of hydrogen-bond acceptors (Lipinski definition) is 2. The number of thiophene rings is 1. The largest absolute Gasteiger partial charge is 0.320 e. The second-order valence-electron chi connectivity index (χ2n) is 3.65. The smallest absolute Gasteiger partial charge is 0.126 e. The van der Waals surface area contributed by atoms with Gasteiger partial charge in [0.05, 0.1) is 6.04 Å². The summed E-state index contributed by atoms with van der Waals surface area (Å²) in [5.41, 5.74) is 7.48. The lowest BCUT2D eigenvalue weighted by molar-refractivity contribution is 0.577. The normalized spacial score (nSPS) is 12.8. The van der Waals surface area contributed by atoms with Crippen molar-refractivity contribution in [2.45, 2.75) is 13.0 Å². The fourth-order valence-electron chi connectivity index (χ4n) is 1.61. The summed E-state index contributed by atoms with van der Waals surface area (Å²) < 4.78 is 26.1. The van der Waals surface area contributed by atoms with Crippen molar-refractivity contribution in [2.75, 3.05) is 0 Å². The molecule has 16 heavy (non-hydrogen) atoms. The van der Waals surface area contributed by atoms with Crippen molar-refractivity contribution in [1.82, 2.24) is 0 Å². The quantitative estimate of drug-likeness (QED) is 0.854. The average Bonchev–Trinajstić information content (AvgIpc) is 2.62. The summed E-state index contributed by atoms with van der Waals surface area (Å²) in [6.07, 6.45) is 0. The summed E-state index contributed by atoms with van der Waals surface area (Å²) in [6.45, 7) is 1.93. The van der Waals surface area contributed by atoms with Crippen molar-refractivity contribution in [3.63, 3.8) is 0 Å².